The fraction of sp³-hybridized carbons (Fsp3) is 0.444. The van der Waals surface area contributed by atoms with Gasteiger partial charge in [0, 0.05) is 42.5 Å². The third kappa shape index (κ3) is 5.05. The molecule has 2 fully saturated rings. The lowest BCUT2D eigenvalue weighted by Gasteiger charge is -2.38. The quantitative estimate of drug-likeness (QED) is 0.387. The number of piperidine rings is 1. The lowest BCUT2D eigenvalue weighted by atomic mass is 9.87. The molecule has 1 aromatic carbocycles. The maximum Gasteiger partial charge on any atom is 0.266 e. The number of halogens is 3. The summed E-state index contributed by atoms with van der Waals surface area (Å²) in [5.74, 6) is -1.02. The number of alkyl halides is 2. The first-order chi connectivity index (χ1) is 18.2. The van der Waals surface area contributed by atoms with Crippen LogP contribution in [-0.2, 0) is 10.4 Å². The summed E-state index contributed by atoms with van der Waals surface area (Å²) in [5.41, 5.74) is -0.216. The maximum absolute atomic E-state index is 14.7. The van der Waals surface area contributed by atoms with E-state index in [0.29, 0.717) is 48.3 Å². The van der Waals surface area contributed by atoms with Crippen LogP contribution in [-0.4, -0.2) is 62.8 Å². The van der Waals surface area contributed by atoms with Crippen LogP contribution < -0.4 is 10.6 Å². The number of aromatic nitrogens is 2. The van der Waals surface area contributed by atoms with Gasteiger partial charge in [-0.1, -0.05) is 18.2 Å². The Hall–Kier alpha value is -3.28. The summed E-state index contributed by atoms with van der Waals surface area (Å²) in [6.07, 6.45) is 0.630. The van der Waals surface area contributed by atoms with Crippen molar-refractivity contribution in [2.75, 3.05) is 25.0 Å². The number of anilines is 1. The second kappa shape index (κ2) is 10.5. The molecule has 0 aliphatic carbocycles. The summed E-state index contributed by atoms with van der Waals surface area (Å²) >= 11 is 0. The molecule has 4 N–H and O–H groups in total. The van der Waals surface area contributed by atoms with Crippen molar-refractivity contribution in [1.29, 1.82) is 0 Å². The van der Waals surface area contributed by atoms with Crippen molar-refractivity contribution in [3.63, 3.8) is 0 Å². The van der Waals surface area contributed by atoms with Gasteiger partial charge in [-0.15, -0.1) is 0 Å². The maximum atomic E-state index is 14.7. The van der Waals surface area contributed by atoms with E-state index in [-0.39, 0.29) is 24.3 Å². The molecule has 11 heteroatoms. The van der Waals surface area contributed by atoms with Crippen LogP contribution in [0.1, 0.15) is 55.5 Å². The molecule has 2 aromatic heterocycles. The van der Waals surface area contributed by atoms with Gasteiger partial charge in [0.2, 0.25) is 5.91 Å². The first-order valence-electron chi connectivity index (χ1n) is 12.7. The predicted molar refractivity (Wildman–Crippen MR) is 135 cm³/mol. The molecule has 0 saturated carbocycles. The number of nitrogens with zero attached hydrogens (tertiary/aromatic N) is 3. The van der Waals surface area contributed by atoms with Gasteiger partial charge in [0.15, 0.2) is 0 Å². The van der Waals surface area contributed by atoms with Gasteiger partial charge in [-0.3, -0.25) is 14.8 Å². The van der Waals surface area contributed by atoms with E-state index < -0.39 is 41.6 Å². The topological polar surface area (TPSA) is 111 Å². The van der Waals surface area contributed by atoms with Gasteiger partial charge in [-0.05, 0) is 38.3 Å². The molecule has 5 rings (SSSR count). The minimum absolute atomic E-state index is 0.0807. The van der Waals surface area contributed by atoms with E-state index in [9.17, 15) is 28.2 Å². The molecule has 1 amide bonds. The second-order valence-electron chi connectivity index (χ2n) is 10.1. The van der Waals surface area contributed by atoms with Gasteiger partial charge in [0.1, 0.15) is 11.4 Å². The zero-order valence-electron chi connectivity index (χ0n) is 20.9. The van der Waals surface area contributed by atoms with Crippen LogP contribution >= 0.6 is 0 Å². The van der Waals surface area contributed by atoms with Gasteiger partial charge in [0.05, 0.1) is 41.2 Å². The number of carbonyl (C=O) groups is 1. The van der Waals surface area contributed by atoms with E-state index in [2.05, 4.69) is 20.6 Å². The highest BCUT2D eigenvalue weighted by molar-refractivity contribution is 5.91. The molecule has 202 valence electrons. The van der Waals surface area contributed by atoms with Crippen LogP contribution in [0.3, 0.4) is 0 Å². The SMILES string of the molecule is C[C@@H](Nc1ccnc2cnc(C3(O)CCN(C(=O)[C@H]4C[C@H](O)CN4)CC3)cc12)c1cccc(C(F)F)c1F. The number of nitrogens with one attached hydrogen (secondary N) is 2. The molecule has 3 atom stereocenters. The summed E-state index contributed by atoms with van der Waals surface area (Å²) in [4.78, 5) is 23.3. The highest BCUT2D eigenvalue weighted by Gasteiger charge is 2.39. The van der Waals surface area contributed by atoms with Crippen LogP contribution in [0.15, 0.2) is 42.7 Å². The number of aliphatic hydroxyl groups is 2. The molecule has 0 spiro atoms. The largest absolute Gasteiger partial charge is 0.392 e. The monoisotopic (exact) mass is 529 g/mol. The highest BCUT2D eigenvalue weighted by atomic mass is 19.3. The standard InChI is InChI=1S/C27H30F3N5O3/c1-15(17-3-2-4-18(24(17)28)25(29)30)34-20-5-8-31-22-14-33-23(12-19(20)22)27(38)6-9-35(10-7-27)26(37)21-11-16(36)13-32-21/h2-5,8,12,14-16,21,25,32,36,38H,6-7,9-11,13H2,1H3,(H,31,34)/t15-,16+,21-/m1/s1. The molecule has 8 nitrogen and oxygen atoms in total. The van der Waals surface area contributed by atoms with Crippen molar-refractivity contribution in [1.82, 2.24) is 20.2 Å². The van der Waals surface area contributed by atoms with Crippen molar-refractivity contribution in [2.45, 2.75) is 56.4 Å². The van der Waals surface area contributed by atoms with E-state index in [4.69, 9.17) is 0 Å². The number of hydrogen-bond acceptors (Lipinski definition) is 7. The minimum atomic E-state index is -2.92. The highest BCUT2D eigenvalue weighted by Crippen LogP contribution is 2.36. The first kappa shape index (κ1) is 26.3. The average Bonchev–Trinajstić information content (AvgIpc) is 3.34. The number of likely N-dealkylation sites (tertiary alicyclic amines) is 1. The van der Waals surface area contributed by atoms with Gasteiger partial charge in [-0.2, -0.15) is 0 Å². The van der Waals surface area contributed by atoms with Gasteiger partial charge in [0.25, 0.3) is 6.43 Å². The second-order valence-corrected chi connectivity index (χ2v) is 10.1. The number of hydrogen-bond donors (Lipinski definition) is 4. The molecule has 2 saturated heterocycles. The van der Waals surface area contributed by atoms with Crippen LogP contribution in [0.4, 0.5) is 18.9 Å². The Morgan fingerprint density at radius 1 is 1.21 bits per heavy atom. The lowest BCUT2D eigenvalue weighted by Crippen LogP contribution is -2.50. The molecular weight excluding hydrogens is 499 g/mol. The van der Waals surface area contributed by atoms with Crippen LogP contribution in [0.5, 0.6) is 0 Å². The normalized spacial score (nSPS) is 22.1. The van der Waals surface area contributed by atoms with Gasteiger partial charge >= 0.3 is 0 Å². The van der Waals surface area contributed by atoms with Crippen molar-refractivity contribution in [2.24, 2.45) is 0 Å². The summed E-state index contributed by atoms with van der Waals surface area (Å²) < 4.78 is 41.1. The summed E-state index contributed by atoms with van der Waals surface area (Å²) in [6.45, 7) is 2.76. The third-order valence-corrected chi connectivity index (χ3v) is 7.54. The lowest BCUT2D eigenvalue weighted by molar-refractivity contribution is -0.138. The molecule has 2 aliphatic rings. The van der Waals surface area contributed by atoms with Crippen molar-refractivity contribution in [3.8, 4) is 0 Å². The number of pyridine rings is 2. The van der Waals surface area contributed by atoms with Crippen LogP contribution in [0, 0.1) is 5.82 Å². The first-order valence-corrected chi connectivity index (χ1v) is 12.7. The average molecular weight is 530 g/mol. The fourth-order valence-corrected chi connectivity index (χ4v) is 5.29. The molecule has 4 heterocycles. The number of rotatable bonds is 6. The van der Waals surface area contributed by atoms with E-state index in [1.165, 1.54) is 12.1 Å². The number of β-amino-alcohol motifs (C(OH)–C–C–N with tert-alkyl or cyclic N) is 1. The van der Waals surface area contributed by atoms with Gasteiger partial charge in [-0.25, -0.2) is 13.2 Å². The smallest absolute Gasteiger partial charge is 0.266 e. The summed E-state index contributed by atoms with van der Waals surface area (Å²) in [7, 11) is 0. The summed E-state index contributed by atoms with van der Waals surface area (Å²) in [5, 5.41) is 28.0. The van der Waals surface area contributed by atoms with E-state index in [0.717, 1.165) is 6.07 Å². The number of benzene rings is 1. The number of aliphatic hydroxyl groups excluding tert-OH is 1. The van der Waals surface area contributed by atoms with E-state index in [1.807, 2.05) is 0 Å². The molecule has 38 heavy (non-hydrogen) atoms. The Kier molecular flexibility index (Phi) is 7.26. The van der Waals surface area contributed by atoms with Gasteiger partial charge < -0.3 is 25.7 Å². The van der Waals surface area contributed by atoms with Crippen molar-refractivity contribution >= 4 is 22.5 Å². The van der Waals surface area contributed by atoms with Crippen molar-refractivity contribution < 1.29 is 28.2 Å². The number of fused-ring (bicyclic) bond motifs is 1. The van der Waals surface area contributed by atoms with E-state index >= 15 is 0 Å². The van der Waals surface area contributed by atoms with Crippen LogP contribution in [0.25, 0.3) is 10.9 Å². The molecule has 0 unspecified atom stereocenters. The Morgan fingerprint density at radius 2 is 1.95 bits per heavy atom. The Morgan fingerprint density at radius 3 is 2.63 bits per heavy atom. The molecule has 3 aromatic rings. The molecular formula is C27H30F3N5O3. The van der Waals surface area contributed by atoms with Crippen molar-refractivity contribution in [3.05, 3.63) is 65.4 Å². The Labute approximate surface area is 217 Å². The zero-order valence-corrected chi connectivity index (χ0v) is 20.9. The molecule has 0 bridgehead atoms. The van der Waals surface area contributed by atoms with Crippen LogP contribution in [0.2, 0.25) is 0 Å². The van der Waals surface area contributed by atoms with E-state index in [1.54, 1.807) is 36.4 Å². The third-order valence-electron chi connectivity index (χ3n) is 7.54. The fourth-order valence-electron chi connectivity index (χ4n) is 5.29. The number of amides is 1. The zero-order chi connectivity index (χ0) is 27.0. The minimum Gasteiger partial charge on any atom is -0.392 e. The number of carbonyl (C=O) groups excluding carboxylic acids is 1. The molecule has 0 radical (unpaired) electrons. The predicted octanol–water partition coefficient (Wildman–Crippen LogP) is 3.41. The molecule has 2 aliphatic heterocycles. The Balaban J connectivity index is 1.35. The Bertz CT molecular complexity index is 1330. The summed E-state index contributed by atoms with van der Waals surface area (Å²) in [6, 6.07) is 6.33.